The van der Waals surface area contributed by atoms with Crippen molar-refractivity contribution in [1.82, 2.24) is 4.98 Å². The van der Waals surface area contributed by atoms with Gasteiger partial charge in [0.1, 0.15) is 10.3 Å². The third kappa shape index (κ3) is 3.79. The third-order valence-electron chi connectivity index (χ3n) is 2.73. The van der Waals surface area contributed by atoms with Crippen molar-refractivity contribution in [2.24, 2.45) is 11.1 Å². The minimum Gasteiger partial charge on any atom is -0.312 e. The third-order valence-corrected chi connectivity index (χ3v) is 4.06. The van der Waals surface area contributed by atoms with Crippen LogP contribution in [0.2, 0.25) is 10.3 Å². The number of hydrogen-bond acceptors (Lipinski definition) is 4. The van der Waals surface area contributed by atoms with Crippen molar-refractivity contribution in [3.05, 3.63) is 22.4 Å². The molecule has 1 amide bonds. The average molecular weight is 324 g/mol. The number of nitrogens with zero attached hydrogens (tertiary/aromatic N) is 2. The SMILES string of the molecule is NS(=O)(=O)CC1CC(=O)N(c2cc(Cl)nc(Cl)c2)C1. The Labute approximate surface area is 120 Å². The second-order valence-electron chi connectivity index (χ2n) is 4.37. The average Bonchev–Trinajstić information content (AvgIpc) is 2.54. The van der Waals surface area contributed by atoms with Gasteiger partial charge in [-0.2, -0.15) is 0 Å². The summed E-state index contributed by atoms with van der Waals surface area (Å²) in [5, 5.41) is 5.33. The second-order valence-corrected chi connectivity index (χ2v) is 6.81. The van der Waals surface area contributed by atoms with Crippen LogP contribution >= 0.6 is 23.2 Å². The Hall–Kier alpha value is -0.890. The summed E-state index contributed by atoms with van der Waals surface area (Å²) in [6.07, 6.45) is 0.133. The van der Waals surface area contributed by atoms with E-state index in [1.165, 1.54) is 17.0 Å². The summed E-state index contributed by atoms with van der Waals surface area (Å²) in [7, 11) is -3.60. The number of aromatic nitrogens is 1. The van der Waals surface area contributed by atoms with Crippen molar-refractivity contribution >= 4 is 44.8 Å². The largest absolute Gasteiger partial charge is 0.312 e. The molecule has 104 valence electrons. The van der Waals surface area contributed by atoms with Crippen LogP contribution in [0, 0.1) is 5.92 Å². The fourth-order valence-electron chi connectivity index (χ4n) is 2.08. The van der Waals surface area contributed by atoms with E-state index in [1.54, 1.807) is 0 Å². The molecule has 1 atom stereocenters. The van der Waals surface area contributed by atoms with Gasteiger partial charge in [0.15, 0.2) is 0 Å². The molecule has 19 heavy (non-hydrogen) atoms. The number of carbonyl (C=O) groups is 1. The molecule has 0 bridgehead atoms. The fourth-order valence-corrected chi connectivity index (χ4v) is 3.41. The van der Waals surface area contributed by atoms with Crippen molar-refractivity contribution in [3.8, 4) is 0 Å². The molecule has 1 fully saturated rings. The normalized spacial score (nSPS) is 20.1. The van der Waals surface area contributed by atoms with Gasteiger partial charge in [-0.05, 0) is 12.1 Å². The molecule has 1 aliphatic rings. The Morgan fingerprint density at radius 2 is 1.95 bits per heavy atom. The molecule has 2 heterocycles. The molecule has 1 aromatic rings. The monoisotopic (exact) mass is 323 g/mol. The van der Waals surface area contributed by atoms with Crippen LogP contribution in [0.5, 0.6) is 0 Å². The topological polar surface area (TPSA) is 93.4 Å². The number of hydrogen-bond donors (Lipinski definition) is 1. The van der Waals surface area contributed by atoms with Crippen LogP contribution in [0.4, 0.5) is 5.69 Å². The summed E-state index contributed by atoms with van der Waals surface area (Å²) in [5.74, 6) is -0.734. The van der Waals surface area contributed by atoms with Gasteiger partial charge in [-0.25, -0.2) is 18.5 Å². The lowest BCUT2D eigenvalue weighted by atomic mass is 10.1. The van der Waals surface area contributed by atoms with Crippen molar-refractivity contribution < 1.29 is 13.2 Å². The zero-order valence-corrected chi connectivity index (χ0v) is 12.0. The lowest BCUT2D eigenvalue weighted by Gasteiger charge is -2.17. The minimum atomic E-state index is -3.60. The number of anilines is 1. The molecule has 0 radical (unpaired) electrons. The minimum absolute atomic E-state index is 0.133. The molecule has 1 saturated heterocycles. The van der Waals surface area contributed by atoms with E-state index in [0.29, 0.717) is 5.69 Å². The second kappa shape index (κ2) is 5.24. The number of rotatable bonds is 3. The summed E-state index contributed by atoms with van der Waals surface area (Å²) in [6.45, 7) is 0.270. The maximum atomic E-state index is 11.9. The number of carbonyl (C=O) groups excluding carboxylic acids is 1. The van der Waals surface area contributed by atoms with Crippen LogP contribution in [0.25, 0.3) is 0 Å². The number of primary sulfonamides is 1. The van der Waals surface area contributed by atoms with Crippen molar-refractivity contribution in [2.75, 3.05) is 17.2 Å². The first-order valence-electron chi connectivity index (χ1n) is 5.38. The predicted octanol–water partition coefficient (Wildman–Crippen LogP) is 1.03. The maximum absolute atomic E-state index is 11.9. The molecule has 2 N–H and O–H groups in total. The number of halogens is 2. The molecule has 1 aromatic heterocycles. The summed E-state index contributed by atoms with van der Waals surface area (Å²) in [6, 6.07) is 3.01. The smallest absolute Gasteiger partial charge is 0.227 e. The zero-order chi connectivity index (χ0) is 14.2. The molecule has 9 heteroatoms. The van der Waals surface area contributed by atoms with Crippen LogP contribution < -0.4 is 10.0 Å². The highest BCUT2D eigenvalue weighted by atomic mass is 35.5. The van der Waals surface area contributed by atoms with E-state index in [-0.39, 0.29) is 40.8 Å². The molecule has 0 aromatic carbocycles. The summed E-state index contributed by atoms with van der Waals surface area (Å²) in [4.78, 5) is 17.1. The van der Waals surface area contributed by atoms with Gasteiger partial charge in [0.2, 0.25) is 15.9 Å². The fraction of sp³-hybridized carbons (Fsp3) is 0.400. The Kier molecular flexibility index (Phi) is 4.00. The predicted molar refractivity (Wildman–Crippen MR) is 72.7 cm³/mol. The summed E-state index contributed by atoms with van der Waals surface area (Å²) < 4.78 is 22.1. The molecule has 1 aliphatic heterocycles. The maximum Gasteiger partial charge on any atom is 0.227 e. The van der Waals surface area contributed by atoms with E-state index in [1.807, 2.05) is 0 Å². The van der Waals surface area contributed by atoms with Gasteiger partial charge in [0.25, 0.3) is 0 Å². The first-order valence-corrected chi connectivity index (χ1v) is 7.85. The Morgan fingerprint density at radius 3 is 2.47 bits per heavy atom. The van der Waals surface area contributed by atoms with Crippen LogP contribution in [-0.2, 0) is 14.8 Å². The standard InChI is InChI=1S/C10H11Cl2N3O3S/c11-8-2-7(3-9(12)14-8)15-4-6(1-10(15)16)5-19(13,17)18/h2-3,6H,1,4-5H2,(H2,13,17,18). The Morgan fingerprint density at radius 1 is 1.37 bits per heavy atom. The van der Waals surface area contributed by atoms with E-state index < -0.39 is 10.0 Å². The highest BCUT2D eigenvalue weighted by Gasteiger charge is 2.33. The van der Waals surface area contributed by atoms with Gasteiger partial charge in [-0.3, -0.25) is 4.79 Å². The van der Waals surface area contributed by atoms with E-state index >= 15 is 0 Å². The number of sulfonamides is 1. The van der Waals surface area contributed by atoms with Crippen LogP contribution in [0.3, 0.4) is 0 Å². The van der Waals surface area contributed by atoms with Gasteiger partial charge in [0, 0.05) is 24.6 Å². The van der Waals surface area contributed by atoms with Gasteiger partial charge in [-0.1, -0.05) is 23.2 Å². The molecule has 0 spiro atoms. The van der Waals surface area contributed by atoms with Gasteiger partial charge in [0.05, 0.1) is 5.75 Å². The lowest BCUT2D eigenvalue weighted by molar-refractivity contribution is -0.117. The molecule has 0 aliphatic carbocycles. The van der Waals surface area contributed by atoms with Crippen molar-refractivity contribution in [2.45, 2.75) is 6.42 Å². The molecule has 0 saturated carbocycles. The van der Waals surface area contributed by atoms with Crippen LogP contribution in [0.15, 0.2) is 12.1 Å². The molecular formula is C10H11Cl2N3O3S. The molecule has 1 unspecified atom stereocenters. The summed E-state index contributed by atoms with van der Waals surface area (Å²) in [5.41, 5.74) is 0.506. The number of amides is 1. The van der Waals surface area contributed by atoms with Crippen molar-refractivity contribution in [1.29, 1.82) is 0 Å². The first-order chi connectivity index (χ1) is 8.74. The van der Waals surface area contributed by atoms with Crippen LogP contribution in [0.1, 0.15) is 6.42 Å². The number of pyridine rings is 1. The highest BCUT2D eigenvalue weighted by molar-refractivity contribution is 7.89. The van der Waals surface area contributed by atoms with E-state index in [4.69, 9.17) is 28.3 Å². The highest BCUT2D eigenvalue weighted by Crippen LogP contribution is 2.28. The van der Waals surface area contributed by atoms with E-state index in [2.05, 4.69) is 4.98 Å². The van der Waals surface area contributed by atoms with Gasteiger partial charge in [-0.15, -0.1) is 0 Å². The summed E-state index contributed by atoms with van der Waals surface area (Å²) >= 11 is 11.5. The van der Waals surface area contributed by atoms with E-state index in [0.717, 1.165) is 0 Å². The first kappa shape index (κ1) is 14.5. The molecule has 2 rings (SSSR count). The number of nitrogens with two attached hydrogens (primary N) is 1. The molecular weight excluding hydrogens is 313 g/mol. The lowest BCUT2D eigenvalue weighted by Crippen LogP contribution is -2.27. The molecule has 6 nitrogen and oxygen atoms in total. The van der Waals surface area contributed by atoms with Crippen LogP contribution in [-0.4, -0.2) is 31.6 Å². The zero-order valence-electron chi connectivity index (χ0n) is 9.71. The van der Waals surface area contributed by atoms with Gasteiger partial charge >= 0.3 is 0 Å². The Balaban J connectivity index is 2.20. The van der Waals surface area contributed by atoms with E-state index in [9.17, 15) is 13.2 Å². The Bertz CT molecular complexity index is 600. The van der Waals surface area contributed by atoms with Gasteiger partial charge < -0.3 is 4.90 Å². The van der Waals surface area contributed by atoms with Crippen molar-refractivity contribution in [3.63, 3.8) is 0 Å². The quantitative estimate of drug-likeness (QED) is 0.840.